The van der Waals surface area contributed by atoms with Crippen LogP contribution in [0.15, 0.2) is 36.4 Å². The Kier molecular flexibility index (Phi) is 5.67. The second-order valence-electron chi connectivity index (χ2n) is 5.50. The van der Waals surface area contributed by atoms with Crippen LogP contribution in [0.1, 0.15) is 32.3 Å². The van der Waals surface area contributed by atoms with Gasteiger partial charge in [-0.3, -0.25) is 9.59 Å². The summed E-state index contributed by atoms with van der Waals surface area (Å²) in [7, 11) is 1.47. The minimum atomic E-state index is -0.673. The van der Waals surface area contributed by atoms with E-state index in [-0.39, 0.29) is 11.8 Å². The van der Waals surface area contributed by atoms with E-state index in [9.17, 15) is 14.9 Å². The molecule has 2 aromatic rings. The molecule has 1 unspecified atom stereocenters. The molecule has 124 valence electrons. The number of imide groups is 1. The number of carbonyl (C=O) groups excluding carboxylic acids is 2. The average molecular weight is 324 g/mol. The molecule has 0 aromatic heterocycles. The van der Waals surface area contributed by atoms with Crippen molar-refractivity contribution in [2.75, 3.05) is 12.0 Å². The summed E-state index contributed by atoms with van der Waals surface area (Å²) in [5.74, 6) is -0.769. The van der Waals surface area contributed by atoms with E-state index in [0.717, 1.165) is 11.3 Å². The monoisotopic (exact) mass is 324 g/mol. The number of fused-ring (bicyclic) bond motifs is 1. The van der Waals surface area contributed by atoms with Crippen molar-refractivity contribution in [3.05, 3.63) is 42.0 Å². The summed E-state index contributed by atoms with van der Waals surface area (Å²) >= 11 is 0. The van der Waals surface area contributed by atoms with Crippen LogP contribution >= 0.6 is 0 Å². The molecule has 2 aromatic carbocycles. The number of anilines is 1. The van der Waals surface area contributed by atoms with Gasteiger partial charge in [0.2, 0.25) is 5.91 Å². The first-order chi connectivity index (χ1) is 11.5. The smallest absolute Gasteiger partial charge is 0.262 e. The molecule has 0 saturated carbocycles. The quantitative estimate of drug-likeness (QED) is 0.845. The molecule has 0 N–H and O–H groups in total. The van der Waals surface area contributed by atoms with E-state index in [1.54, 1.807) is 24.3 Å². The molecule has 1 atom stereocenters. The Balaban J connectivity index is 2.62. The first kappa shape index (κ1) is 17.6. The zero-order chi connectivity index (χ0) is 17.7. The molecule has 5 heteroatoms. The van der Waals surface area contributed by atoms with Gasteiger partial charge in [0.05, 0.1) is 17.3 Å². The maximum absolute atomic E-state index is 12.8. The molecule has 5 nitrogen and oxygen atoms in total. The molecular formula is C19H20N2O3. The summed E-state index contributed by atoms with van der Waals surface area (Å²) in [5, 5.41) is 10.7. The second-order valence-corrected chi connectivity index (χ2v) is 5.50. The van der Waals surface area contributed by atoms with Gasteiger partial charge < -0.3 is 4.74 Å². The van der Waals surface area contributed by atoms with Gasteiger partial charge >= 0.3 is 0 Å². The molecular weight excluding hydrogens is 304 g/mol. The van der Waals surface area contributed by atoms with Crippen molar-refractivity contribution in [2.45, 2.75) is 32.8 Å². The maximum Gasteiger partial charge on any atom is 0.262 e. The average Bonchev–Trinajstić information content (AvgIpc) is 2.59. The zero-order valence-electron chi connectivity index (χ0n) is 14.1. The highest BCUT2D eigenvalue weighted by atomic mass is 16.5. The molecule has 0 heterocycles. The predicted molar refractivity (Wildman–Crippen MR) is 92.5 cm³/mol. The lowest BCUT2D eigenvalue weighted by atomic mass is 10.0. The van der Waals surface area contributed by atoms with Crippen molar-refractivity contribution in [3.8, 4) is 6.07 Å². The van der Waals surface area contributed by atoms with Crippen LogP contribution in [0.25, 0.3) is 10.8 Å². The summed E-state index contributed by atoms with van der Waals surface area (Å²) in [6, 6.07) is 12.6. The normalized spacial score (nSPS) is 11.8. The Bertz CT molecular complexity index is 808. The van der Waals surface area contributed by atoms with Crippen LogP contribution in [-0.2, 0) is 14.3 Å². The van der Waals surface area contributed by atoms with E-state index in [1.807, 2.05) is 19.1 Å². The number of hydrogen-bond donors (Lipinski definition) is 0. The van der Waals surface area contributed by atoms with Crippen LogP contribution in [0.5, 0.6) is 0 Å². The number of amides is 2. The number of ether oxygens (including phenoxy) is 1. The Morgan fingerprint density at radius 1 is 1.21 bits per heavy atom. The molecule has 0 fully saturated rings. The van der Waals surface area contributed by atoms with Gasteiger partial charge in [0.15, 0.2) is 0 Å². The highest BCUT2D eigenvalue weighted by molar-refractivity contribution is 6.19. The summed E-state index contributed by atoms with van der Waals surface area (Å²) in [4.78, 5) is 26.2. The number of nitrogens with zero attached hydrogens (tertiary/aromatic N) is 2. The first-order valence-electron chi connectivity index (χ1n) is 7.84. The van der Waals surface area contributed by atoms with Crippen LogP contribution in [0, 0.1) is 11.3 Å². The molecule has 2 rings (SSSR count). The van der Waals surface area contributed by atoms with Crippen molar-refractivity contribution < 1.29 is 14.3 Å². The first-order valence-corrected chi connectivity index (χ1v) is 7.84. The number of methoxy groups -OCH3 is 1. The lowest BCUT2D eigenvalue weighted by molar-refractivity contribution is -0.132. The minimum Gasteiger partial charge on any atom is -0.372 e. The molecule has 0 spiro atoms. The van der Waals surface area contributed by atoms with Crippen molar-refractivity contribution in [3.63, 3.8) is 0 Å². The van der Waals surface area contributed by atoms with Crippen molar-refractivity contribution in [1.82, 2.24) is 0 Å². The fourth-order valence-electron chi connectivity index (χ4n) is 2.77. The van der Waals surface area contributed by atoms with Crippen LogP contribution in [0.4, 0.5) is 5.69 Å². The van der Waals surface area contributed by atoms with E-state index in [1.165, 1.54) is 14.0 Å². The number of carbonyl (C=O) groups is 2. The van der Waals surface area contributed by atoms with E-state index in [2.05, 4.69) is 6.07 Å². The van der Waals surface area contributed by atoms with E-state index >= 15 is 0 Å². The van der Waals surface area contributed by atoms with E-state index < -0.39 is 6.10 Å². The van der Waals surface area contributed by atoms with Crippen LogP contribution in [0.3, 0.4) is 0 Å². The molecule has 24 heavy (non-hydrogen) atoms. The van der Waals surface area contributed by atoms with Gasteiger partial charge in [-0.15, -0.1) is 0 Å². The third kappa shape index (κ3) is 3.29. The standard InChI is InChI=1S/C19H20N2O3/c1-4-7-18(24-3)19(23)21(13(2)22)17-11-10-14(12-20)15-8-5-6-9-16(15)17/h5-6,8-11,18H,4,7H2,1-3H3. The van der Waals surface area contributed by atoms with Gasteiger partial charge in [-0.1, -0.05) is 37.6 Å². The van der Waals surface area contributed by atoms with E-state index in [4.69, 9.17) is 4.74 Å². The van der Waals surface area contributed by atoms with Gasteiger partial charge in [-0.2, -0.15) is 5.26 Å². The highest BCUT2D eigenvalue weighted by Gasteiger charge is 2.29. The molecule has 0 bridgehead atoms. The van der Waals surface area contributed by atoms with Gasteiger partial charge in [0.1, 0.15) is 6.10 Å². The van der Waals surface area contributed by atoms with Gasteiger partial charge in [-0.05, 0) is 18.6 Å². The SMILES string of the molecule is CCCC(OC)C(=O)N(C(C)=O)c1ccc(C#N)c2ccccc12. The number of rotatable bonds is 5. The summed E-state index contributed by atoms with van der Waals surface area (Å²) in [6.07, 6.45) is 0.630. The highest BCUT2D eigenvalue weighted by Crippen LogP contribution is 2.30. The maximum atomic E-state index is 12.8. The van der Waals surface area contributed by atoms with Gasteiger partial charge in [0, 0.05) is 24.8 Å². The summed E-state index contributed by atoms with van der Waals surface area (Å²) in [5.41, 5.74) is 0.974. The zero-order valence-corrected chi connectivity index (χ0v) is 14.1. The Morgan fingerprint density at radius 2 is 1.88 bits per heavy atom. The summed E-state index contributed by atoms with van der Waals surface area (Å²) < 4.78 is 5.27. The molecule has 2 amide bonds. The molecule has 0 aliphatic heterocycles. The molecule has 0 aliphatic rings. The minimum absolute atomic E-state index is 0.381. The molecule has 0 aliphatic carbocycles. The lowest BCUT2D eigenvalue weighted by Gasteiger charge is -2.25. The Labute approximate surface area is 141 Å². The van der Waals surface area contributed by atoms with Crippen LogP contribution in [-0.4, -0.2) is 25.0 Å². The van der Waals surface area contributed by atoms with Crippen molar-refractivity contribution in [1.29, 1.82) is 5.26 Å². The van der Waals surface area contributed by atoms with Crippen molar-refractivity contribution in [2.24, 2.45) is 0 Å². The fraction of sp³-hybridized carbons (Fsp3) is 0.316. The second kappa shape index (κ2) is 7.71. The van der Waals surface area contributed by atoms with Gasteiger partial charge in [0.25, 0.3) is 5.91 Å². The molecule has 0 saturated heterocycles. The lowest BCUT2D eigenvalue weighted by Crippen LogP contribution is -2.43. The predicted octanol–water partition coefficient (Wildman–Crippen LogP) is 3.41. The Hall–Kier alpha value is -2.71. The third-order valence-electron chi connectivity index (χ3n) is 3.91. The summed E-state index contributed by atoms with van der Waals surface area (Å²) in [6.45, 7) is 3.30. The topological polar surface area (TPSA) is 70.4 Å². The van der Waals surface area contributed by atoms with Crippen molar-refractivity contribution >= 4 is 28.3 Å². The largest absolute Gasteiger partial charge is 0.372 e. The fourth-order valence-corrected chi connectivity index (χ4v) is 2.77. The van der Waals surface area contributed by atoms with Gasteiger partial charge in [-0.25, -0.2) is 4.90 Å². The Morgan fingerprint density at radius 3 is 2.42 bits per heavy atom. The third-order valence-corrected chi connectivity index (χ3v) is 3.91. The number of benzene rings is 2. The number of nitriles is 1. The van der Waals surface area contributed by atoms with Crippen LogP contribution < -0.4 is 4.90 Å². The van der Waals surface area contributed by atoms with Crippen LogP contribution in [0.2, 0.25) is 0 Å². The van der Waals surface area contributed by atoms with E-state index in [0.29, 0.717) is 28.4 Å². The number of hydrogen-bond acceptors (Lipinski definition) is 4. The molecule has 0 radical (unpaired) electrons.